The molecule has 0 saturated heterocycles. The van der Waals surface area contributed by atoms with E-state index in [0.717, 1.165) is 6.54 Å². The maximum atomic E-state index is 12.9. The Morgan fingerprint density at radius 2 is 2.11 bits per heavy atom. The van der Waals surface area contributed by atoms with E-state index in [-0.39, 0.29) is 52.2 Å². The molecule has 0 radical (unpaired) electrons. The predicted octanol–water partition coefficient (Wildman–Crippen LogP) is 1.24. The van der Waals surface area contributed by atoms with Crippen LogP contribution in [0.3, 0.4) is 0 Å². The summed E-state index contributed by atoms with van der Waals surface area (Å²) in [6, 6.07) is 1.34. The van der Waals surface area contributed by atoms with Crippen molar-refractivity contribution in [3.63, 3.8) is 0 Å². The van der Waals surface area contributed by atoms with E-state index in [2.05, 4.69) is 5.32 Å². The highest BCUT2D eigenvalue weighted by molar-refractivity contribution is 5.99. The number of phenols is 1. The summed E-state index contributed by atoms with van der Waals surface area (Å²) in [7, 11) is 5.15. The van der Waals surface area contributed by atoms with Crippen LogP contribution in [-0.2, 0) is 11.2 Å². The van der Waals surface area contributed by atoms with Crippen LogP contribution in [0.1, 0.15) is 28.1 Å². The second-order valence-corrected chi connectivity index (χ2v) is 6.45. The van der Waals surface area contributed by atoms with Gasteiger partial charge in [0.1, 0.15) is 11.3 Å². The molecule has 0 aliphatic carbocycles. The minimum absolute atomic E-state index is 0.00462. The Morgan fingerprint density at radius 3 is 2.70 bits per heavy atom. The minimum atomic E-state index is -0.379. The third kappa shape index (κ3) is 4.46. The van der Waals surface area contributed by atoms with Gasteiger partial charge in [0.05, 0.1) is 12.5 Å². The molecule has 1 heterocycles. The van der Waals surface area contributed by atoms with Gasteiger partial charge in [0.25, 0.3) is 0 Å². The number of nitrogens with zero attached hydrogens (tertiary/aromatic N) is 1. The Morgan fingerprint density at radius 1 is 1.41 bits per heavy atom. The molecule has 2 rings (SSSR count). The van der Waals surface area contributed by atoms with Crippen LogP contribution in [0.5, 0.6) is 11.5 Å². The number of carbonyl (C=O) groups is 2. The molecule has 1 amide bonds. The summed E-state index contributed by atoms with van der Waals surface area (Å²) >= 11 is 0. The first kappa shape index (κ1) is 20.4. The smallest absolute Gasteiger partial charge is 0.220 e. The zero-order chi connectivity index (χ0) is 20.1. The lowest BCUT2D eigenvalue weighted by Gasteiger charge is -2.12. The van der Waals surface area contributed by atoms with Gasteiger partial charge >= 0.3 is 0 Å². The topological polar surface area (TPSA) is 109 Å². The lowest BCUT2D eigenvalue weighted by atomic mass is 10.0. The molecule has 1 aromatic heterocycles. The number of hydrogen-bond donors (Lipinski definition) is 2. The molecule has 27 heavy (non-hydrogen) atoms. The Bertz CT molecular complexity index is 917. The molecular weight excluding hydrogens is 352 g/mol. The van der Waals surface area contributed by atoms with Crippen LogP contribution in [0.15, 0.2) is 15.3 Å². The van der Waals surface area contributed by atoms with Crippen molar-refractivity contribution in [3.05, 3.63) is 33.2 Å². The fourth-order valence-electron chi connectivity index (χ4n) is 2.77. The largest absolute Gasteiger partial charge is 0.504 e. The van der Waals surface area contributed by atoms with Crippen LogP contribution in [0, 0.1) is 6.92 Å². The maximum Gasteiger partial charge on any atom is 0.220 e. The predicted molar refractivity (Wildman–Crippen MR) is 101 cm³/mol. The monoisotopic (exact) mass is 376 g/mol. The van der Waals surface area contributed by atoms with Crippen molar-refractivity contribution >= 4 is 23.2 Å². The van der Waals surface area contributed by atoms with Crippen molar-refractivity contribution < 1.29 is 23.8 Å². The van der Waals surface area contributed by atoms with Crippen molar-refractivity contribution in [2.24, 2.45) is 0 Å². The number of aromatic hydroxyl groups is 1. The number of aryl methyl sites for hydroxylation is 1. The molecule has 2 aromatic rings. The van der Waals surface area contributed by atoms with Gasteiger partial charge in [0, 0.05) is 25.1 Å². The fourth-order valence-corrected chi connectivity index (χ4v) is 2.77. The molecule has 0 aliphatic rings. The molecule has 8 nitrogen and oxygen atoms in total. The molecule has 0 aliphatic heterocycles. The number of hydrogen-bond acceptors (Lipinski definition) is 7. The number of benzene rings is 1. The Labute approximate surface area is 156 Å². The van der Waals surface area contributed by atoms with Crippen LogP contribution in [-0.4, -0.2) is 56.5 Å². The van der Waals surface area contributed by atoms with E-state index in [0.29, 0.717) is 24.2 Å². The lowest BCUT2D eigenvalue weighted by molar-refractivity contribution is -0.121. The number of nitrogens with one attached hydrogen (secondary N) is 1. The number of carbonyl (C=O) groups excluding carboxylic acids is 2. The number of likely N-dealkylation sites (N-methyl/N-ethyl adjacent to an activating group) is 1. The quantitative estimate of drug-likeness (QED) is 0.667. The van der Waals surface area contributed by atoms with E-state index in [9.17, 15) is 19.5 Å². The summed E-state index contributed by atoms with van der Waals surface area (Å²) in [5.74, 6) is -0.224. The maximum absolute atomic E-state index is 12.9. The number of aldehydes is 1. The highest BCUT2D eigenvalue weighted by Crippen LogP contribution is 2.35. The minimum Gasteiger partial charge on any atom is -0.504 e. The summed E-state index contributed by atoms with van der Waals surface area (Å²) in [5, 5.41) is 13.0. The average molecular weight is 376 g/mol. The SMILES string of the molecule is COc1cc2c(=O)c(CCC(=O)NCCN(C)C)c(C)oc2c(C=O)c1O. The second-order valence-electron chi connectivity index (χ2n) is 6.45. The summed E-state index contributed by atoms with van der Waals surface area (Å²) in [4.78, 5) is 38.1. The van der Waals surface area contributed by atoms with Crippen molar-refractivity contribution in [1.82, 2.24) is 10.2 Å². The Hall–Kier alpha value is -2.87. The summed E-state index contributed by atoms with van der Waals surface area (Å²) in [6.45, 7) is 2.84. The highest BCUT2D eigenvalue weighted by atomic mass is 16.5. The average Bonchev–Trinajstić information content (AvgIpc) is 2.61. The molecule has 0 bridgehead atoms. The first-order valence-corrected chi connectivity index (χ1v) is 8.53. The van der Waals surface area contributed by atoms with E-state index < -0.39 is 0 Å². The van der Waals surface area contributed by atoms with Crippen molar-refractivity contribution in [2.75, 3.05) is 34.3 Å². The first-order valence-electron chi connectivity index (χ1n) is 8.53. The highest BCUT2D eigenvalue weighted by Gasteiger charge is 2.20. The molecule has 0 atom stereocenters. The molecule has 0 unspecified atom stereocenters. The number of methoxy groups -OCH3 is 1. The van der Waals surface area contributed by atoms with Crippen molar-refractivity contribution in [2.45, 2.75) is 19.8 Å². The molecule has 0 fully saturated rings. The van der Waals surface area contributed by atoms with Crippen molar-refractivity contribution in [1.29, 1.82) is 0 Å². The van der Waals surface area contributed by atoms with Gasteiger partial charge in [-0.1, -0.05) is 0 Å². The first-order chi connectivity index (χ1) is 12.8. The number of fused-ring (bicyclic) bond motifs is 1. The third-order valence-electron chi connectivity index (χ3n) is 4.27. The Balaban J connectivity index is 2.33. The lowest BCUT2D eigenvalue weighted by Crippen LogP contribution is -2.31. The molecule has 2 N–H and O–H groups in total. The van der Waals surface area contributed by atoms with Gasteiger partial charge in [-0.15, -0.1) is 0 Å². The van der Waals surface area contributed by atoms with Gasteiger partial charge < -0.3 is 24.5 Å². The summed E-state index contributed by atoms with van der Waals surface area (Å²) in [5.41, 5.74) is -0.131. The zero-order valence-corrected chi connectivity index (χ0v) is 15.9. The summed E-state index contributed by atoms with van der Waals surface area (Å²) < 4.78 is 10.7. The van der Waals surface area contributed by atoms with Crippen LogP contribution < -0.4 is 15.5 Å². The normalized spacial score (nSPS) is 11.0. The molecule has 146 valence electrons. The number of amides is 1. The van der Waals surface area contributed by atoms with Crippen LogP contribution >= 0.6 is 0 Å². The second kappa shape index (κ2) is 8.68. The zero-order valence-electron chi connectivity index (χ0n) is 15.9. The van der Waals surface area contributed by atoms with E-state index in [4.69, 9.17) is 9.15 Å². The van der Waals surface area contributed by atoms with Crippen LogP contribution in [0.2, 0.25) is 0 Å². The van der Waals surface area contributed by atoms with Crippen LogP contribution in [0.25, 0.3) is 11.0 Å². The van der Waals surface area contributed by atoms with Crippen LogP contribution in [0.4, 0.5) is 0 Å². The van der Waals surface area contributed by atoms with Gasteiger partial charge in [-0.25, -0.2) is 0 Å². The van der Waals surface area contributed by atoms with E-state index >= 15 is 0 Å². The molecule has 0 spiro atoms. The molecular formula is C19H24N2O6. The number of phenolic OH excluding ortho intramolecular Hbond substituents is 1. The van der Waals surface area contributed by atoms with E-state index in [1.807, 2.05) is 19.0 Å². The van der Waals surface area contributed by atoms with Gasteiger partial charge in [-0.05, 0) is 33.5 Å². The fraction of sp³-hybridized carbons (Fsp3) is 0.421. The van der Waals surface area contributed by atoms with Gasteiger partial charge in [0.2, 0.25) is 5.91 Å². The number of rotatable bonds is 8. The standard InChI is InChI=1S/C19H24N2O6/c1-11-12(5-6-16(23)20-7-8-21(2)3)17(24)13-9-15(26-4)18(25)14(10-22)19(13)27-11/h9-10,25H,5-8H2,1-4H3,(H,20,23). The van der Waals surface area contributed by atoms with Gasteiger partial charge in [-0.2, -0.15) is 0 Å². The van der Waals surface area contributed by atoms with E-state index in [1.165, 1.54) is 13.2 Å². The van der Waals surface area contributed by atoms with Crippen molar-refractivity contribution in [3.8, 4) is 11.5 Å². The molecule has 8 heteroatoms. The Kier molecular flexibility index (Phi) is 6.57. The summed E-state index contributed by atoms with van der Waals surface area (Å²) in [6.07, 6.45) is 0.762. The molecule has 1 aromatic carbocycles. The van der Waals surface area contributed by atoms with Gasteiger partial charge in [-0.3, -0.25) is 14.4 Å². The molecule has 0 saturated carbocycles. The number of ether oxygens (including phenoxy) is 1. The van der Waals surface area contributed by atoms with Gasteiger partial charge in [0.15, 0.2) is 28.8 Å². The van der Waals surface area contributed by atoms with E-state index in [1.54, 1.807) is 6.92 Å². The third-order valence-corrected chi connectivity index (χ3v) is 4.27.